The van der Waals surface area contributed by atoms with Gasteiger partial charge >= 0.3 is 0 Å². The van der Waals surface area contributed by atoms with Crippen LogP contribution in [0.25, 0.3) is 0 Å². The van der Waals surface area contributed by atoms with Crippen molar-refractivity contribution in [1.29, 1.82) is 0 Å². The maximum atomic E-state index is 2.12. The normalized spacial score (nSPS) is 5.40. The molecule has 63 valence electrons. The zero-order chi connectivity index (χ0) is 8.12. The van der Waals surface area contributed by atoms with Crippen molar-refractivity contribution in [3.05, 3.63) is 0 Å². The summed E-state index contributed by atoms with van der Waals surface area (Å²) < 4.78 is 0. The Labute approximate surface area is 86.6 Å². The zero-order valence-corrected chi connectivity index (χ0v) is 12.0. The van der Waals surface area contributed by atoms with Crippen molar-refractivity contribution < 1.29 is 0 Å². The van der Waals surface area contributed by atoms with Crippen molar-refractivity contribution in [2.45, 2.75) is 60.8 Å². The third-order valence-corrected chi connectivity index (χ3v) is 0. The molecule has 0 saturated heterocycles. The van der Waals surface area contributed by atoms with Crippen LogP contribution in [0.1, 0.15) is 60.8 Å². The van der Waals surface area contributed by atoms with Crippen molar-refractivity contribution in [3.63, 3.8) is 0 Å². The van der Waals surface area contributed by atoms with Gasteiger partial charge in [0.05, 0.1) is 0 Å². The molecule has 0 spiro atoms. The van der Waals surface area contributed by atoms with E-state index in [-0.39, 0.29) is 25.8 Å². The van der Waals surface area contributed by atoms with E-state index in [4.69, 9.17) is 0 Å². The van der Waals surface area contributed by atoms with Crippen LogP contribution in [-0.2, 0) is 0 Å². The van der Waals surface area contributed by atoms with Crippen molar-refractivity contribution in [3.8, 4) is 0 Å². The largest absolute Gasteiger partial charge is 0.0656 e. The summed E-state index contributed by atoms with van der Waals surface area (Å²) >= 11 is 0. The van der Waals surface area contributed by atoms with Gasteiger partial charge < -0.3 is 0 Å². The van der Waals surface area contributed by atoms with Crippen LogP contribution in [0.4, 0.5) is 0 Å². The maximum Gasteiger partial charge on any atom is 0 e. The first kappa shape index (κ1) is 22.4. The molecule has 0 aromatic carbocycles. The van der Waals surface area contributed by atoms with E-state index in [0.717, 1.165) is 0 Å². The summed E-state index contributed by atoms with van der Waals surface area (Å²) in [6.07, 6.45) is 3.75. The van der Waals surface area contributed by atoms with Crippen LogP contribution in [0.2, 0.25) is 0 Å². The second kappa shape index (κ2) is 51.8. The first-order valence-electron chi connectivity index (χ1n) is 4.24. The molecule has 0 rings (SSSR count). The van der Waals surface area contributed by atoms with Crippen LogP contribution in [0.3, 0.4) is 0 Å². The molecule has 0 atom stereocenters. The molecule has 10 heavy (non-hydrogen) atoms. The Kier molecular flexibility index (Phi) is 116. The quantitative estimate of drug-likeness (QED) is 0.609. The van der Waals surface area contributed by atoms with Gasteiger partial charge in [0, 0.05) is 25.8 Å². The Balaban J connectivity index is -0.0000000257. The van der Waals surface area contributed by atoms with E-state index < -0.39 is 0 Å². The molecule has 0 aliphatic heterocycles. The maximum absolute atomic E-state index is 2.12. The van der Waals surface area contributed by atoms with Crippen molar-refractivity contribution in [1.82, 2.24) is 0 Å². The fourth-order valence-corrected chi connectivity index (χ4v) is 0. The molecular weight excluding hydrogens is 223 g/mol. The molecule has 0 bridgehead atoms. The first-order chi connectivity index (χ1) is 4.24. The molecule has 1 heteroatoms. The summed E-state index contributed by atoms with van der Waals surface area (Å²) in [5.41, 5.74) is 0. The summed E-state index contributed by atoms with van der Waals surface area (Å²) in [5, 5.41) is 0. The molecule has 3 radical (unpaired) electrons. The summed E-state index contributed by atoms with van der Waals surface area (Å²) in [4.78, 5) is 0. The summed E-state index contributed by atoms with van der Waals surface area (Å²) in [6, 6.07) is 0. The molecule has 0 heterocycles. The predicted molar refractivity (Wildman–Crippen MR) is 53.6 cm³/mol. The number of hydrogen-bond donors (Lipinski definition) is 0. The minimum Gasteiger partial charge on any atom is -0.0656 e. The van der Waals surface area contributed by atoms with Crippen LogP contribution < -0.4 is 0 Å². The van der Waals surface area contributed by atoms with E-state index >= 15 is 0 Å². The monoisotopic (exact) mass is 247 g/mol. The molecule has 0 nitrogen and oxygen atoms in total. The average molecular weight is 247 g/mol. The Morgan fingerprint density at radius 1 is 0.500 bits per heavy atom. The van der Waals surface area contributed by atoms with Crippen LogP contribution in [0.5, 0.6) is 0 Å². The molecule has 0 amide bonds. The fourth-order valence-electron chi connectivity index (χ4n) is 0. The van der Waals surface area contributed by atoms with E-state index in [1.165, 1.54) is 19.3 Å². The van der Waals surface area contributed by atoms with E-state index in [1.807, 2.05) is 0 Å². The second-order valence-corrected chi connectivity index (χ2v) is 2.12. The fraction of sp³-hybridized carbons (Fsp3) is 1.00. The van der Waals surface area contributed by atoms with E-state index in [2.05, 4.69) is 41.5 Å². The molecule has 0 unspecified atom stereocenters. The van der Waals surface area contributed by atoms with Crippen LogP contribution in [0.15, 0.2) is 0 Å². The Bertz CT molecular complexity index is 9.44. The smallest absolute Gasteiger partial charge is 0 e. The summed E-state index contributed by atoms with van der Waals surface area (Å²) in [7, 11) is 0. The first-order valence-corrected chi connectivity index (χ1v) is 4.24. The van der Waals surface area contributed by atoms with Gasteiger partial charge in [0.2, 0.25) is 0 Å². The topological polar surface area (TPSA) is 0 Å². The van der Waals surface area contributed by atoms with Crippen LogP contribution in [-0.4, -0.2) is 25.8 Å². The van der Waals surface area contributed by atoms with Gasteiger partial charge in [0.15, 0.2) is 0 Å². The van der Waals surface area contributed by atoms with Gasteiger partial charge in [-0.3, -0.25) is 0 Å². The van der Waals surface area contributed by atoms with E-state index in [9.17, 15) is 0 Å². The van der Waals surface area contributed by atoms with Crippen LogP contribution in [0, 0.1) is 0 Å². The van der Waals surface area contributed by atoms with Gasteiger partial charge in [-0.15, -0.1) is 0 Å². The van der Waals surface area contributed by atoms with Crippen molar-refractivity contribution in [2.75, 3.05) is 0 Å². The molecule has 0 aliphatic rings. The third kappa shape index (κ3) is 726. The number of hydrogen-bond acceptors (Lipinski definition) is 0. The van der Waals surface area contributed by atoms with Crippen molar-refractivity contribution in [2.24, 2.45) is 0 Å². The minimum absolute atomic E-state index is 0. The van der Waals surface area contributed by atoms with Gasteiger partial charge in [-0.2, -0.15) is 0 Å². The average Bonchev–Trinajstić information content (AvgIpc) is 1.70. The van der Waals surface area contributed by atoms with E-state index in [1.54, 1.807) is 0 Å². The van der Waals surface area contributed by atoms with Gasteiger partial charge in [0.1, 0.15) is 0 Å². The van der Waals surface area contributed by atoms with Gasteiger partial charge in [0.25, 0.3) is 0 Å². The Morgan fingerprint density at radius 2 is 0.500 bits per heavy atom. The predicted octanol–water partition coefficient (Wildman–Crippen LogP) is 3.87. The minimum atomic E-state index is 0. The SMILES string of the molecule is CCC.CCC.CCC.[In]. The van der Waals surface area contributed by atoms with Crippen LogP contribution >= 0.6 is 0 Å². The second-order valence-electron chi connectivity index (χ2n) is 2.12. The van der Waals surface area contributed by atoms with Crippen molar-refractivity contribution >= 4 is 25.8 Å². The molecular formula is C9H24In. The zero-order valence-electron chi connectivity index (χ0n) is 8.70. The Hall–Kier alpha value is 0.870. The summed E-state index contributed by atoms with van der Waals surface area (Å²) in [5.74, 6) is 0. The Morgan fingerprint density at radius 3 is 0.500 bits per heavy atom. The molecule has 0 aliphatic carbocycles. The molecule has 0 N–H and O–H groups in total. The summed E-state index contributed by atoms with van der Waals surface area (Å²) in [6.45, 7) is 12.8. The molecule has 0 fully saturated rings. The molecule has 0 saturated carbocycles. The van der Waals surface area contributed by atoms with E-state index in [0.29, 0.717) is 0 Å². The number of rotatable bonds is 0. The molecule has 0 aromatic heterocycles. The molecule has 0 aromatic rings. The van der Waals surface area contributed by atoms with Gasteiger partial charge in [-0.1, -0.05) is 60.8 Å². The third-order valence-electron chi connectivity index (χ3n) is 0. The van der Waals surface area contributed by atoms with Gasteiger partial charge in [-0.25, -0.2) is 0 Å². The van der Waals surface area contributed by atoms with Gasteiger partial charge in [-0.05, 0) is 0 Å². The standard InChI is InChI=1S/3C3H8.In/c3*1-3-2;/h3*3H2,1-2H3;.